The molecule has 0 bridgehead atoms. The number of nitrogens with zero attached hydrogens (tertiary/aromatic N) is 3. The molecule has 0 amide bonds. The van der Waals surface area contributed by atoms with Crippen LogP contribution in [0.2, 0.25) is 0 Å². The molecular weight excluding hydrogens is 212 g/mol. The Hall–Kier alpha value is -1.16. The minimum absolute atomic E-state index is 0.606. The van der Waals surface area contributed by atoms with Crippen LogP contribution in [0.3, 0.4) is 0 Å². The van der Waals surface area contributed by atoms with Crippen molar-refractivity contribution in [1.29, 1.82) is 0 Å². The summed E-state index contributed by atoms with van der Waals surface area (Å²) in [5, 5.41) is 0. The summed E-state index contributed by atoms with van der Waals surface area (Å²) in [5.41, 5.74) is 7.74. The highest BCUT2D eigenvalue weighted by Gasteiger charge is 2.23. The van der Waals surface area contributed by atoms with E-state index >= 15 is 0 Å². The third kappa shape index (κ3) is 2.75. The molecule has 0 spiro atoms. The van der Waals surface area contributed by atoms with Gasteiger partial charge in [-0.3, -0.25) is 4.98 Å². The summed E-state index contributed by atoms with van der Waals surface area (Å²) in [6.45, 7) is 5.56. The Morgan fingerprint density at radius 2 is 2.00 bits per heavy atom. The first-order valence-corrected chi connectivity index (χ1v) is 6.49. The highest BCUT2D eigenvalue weighted by atomic mass is 15.2. The zero-order valence-electron chi connectivity index (χ0n) is 10.8. The standard InChI is InChI=1S/C13H22N4/c1-10-11(2)16-13(9-15-10)17(8-7-14)12-5-3-4-6-12/h9,12H,3-8,14H2,1-2H3. The average Bonchev–Trinajstić information content (AvgIpc) is 2.83. The Labute approximate surface area is 103 Å². The number of rotatable bonds is 4. The molecule has 2 N–H and O–H groups in total. The highest BCUT2D eigenvalue weighted by Crippen LogP contribution is 2.26. The lowest BCUT2D eigenvalue weighted by molar-refractivity contribution is 0.600. The van der Waals surface area contributed by atoms with Crippen molar-refractivity contribution in [2.75, 3.05) is 18.0 Å². The van der Waals surface area contributed by atoms with Gasteiger partial charge in [0.1, 0.15) is 5.82 Å². The van der Waals surface area contributed by atoms with Crippen LogP contribution in [0.5, 0.6) is 0 Å². The number of aryl methyl sites for hydroxylation is 2. The molecule has 1 aliphatic rings. The molecule has 2 rings (SSSR count). The van der Waals surface area contributed by atoms with E-state index in [1.54, 1.807) is 0 Å². The van der Waals surface area contributed by atoms with Gasteiger partial charge < -0.3 is 10.6 Å². The van der Waals surface area contributed by atoms with Gasteiger partial charge >= 0.3 is 0 Å². The topological polar surface area (TPSA) is 55.0 Å². The molecule has 0 radical (unpaired) electrons. The van der Waals surface area contributed by atoms with Crippen LogP contribution in [0.1, 0.15) is 37.1 Å². The van der Waals surface area contributed by atoms with Gasteiger partial charge in [-0.25, -0.2) is 4.98 Å². The van der Waals surface area contributed by atoms with Crippen LogP contribution in [0.4, 0.5) is 5.82 Å². The van der Waals surface area contributed by atoms with E-state index in [0.717, 1.165) is 23.8 Å². The lowest BCUT2D eigenvalue weighted by atomic mass is 10.2. The van der Waals surface area contributed by atoms with E-state index in [0.29, 0.717) is 12.6 Å². The fourth-order valence-electron chi connectivity index (χ4n) is 2.51. The number of nitrogens with two attached hydrogens (primary N) is 1. The Bertz CT molecular complexity index is 372. The molecule has 0 aliphatic heterocycles. The van der Waals surface area contributed by atoms with Crippen LogP contribution < -0.4 is 10.6 Å². The molecule has 0 unspecified atom stereocenters. The van der Waals surface area contributed by atoms with Crippen LogP contribution in [-0.4, -0.2) is 29.1 Å². The van der Waals surface area contributed by atoms with E-state index in [1.165, 1.54) is 25.7 Å². The van der Waals surface area contributed by atoms with Gasteiger partial charge in [-0.2, -0.15) is 0 Å². The molecule has 1 aromatic heterocycles. The Morgan fingerprint density at radius 3 is 2.59 bits per heavy atom. The second-order valence-electron chi connectivity index (χ2n) is 4.82. The SMILES string of the molecule is Cc1ncc(N(CCN)C2CCCC2)nc1C. The van der Waals surface area contributed by atoms with Gasteiger partial charge in [-0.15, -0.1) is 0 Å². The van der Waals surface area contributed by atoms with Crippen molar-refractivity contribution < 1.29 is 0 Å². The summed E-state index contributed by atoms with van der Waals surface area (Å²) in [6.07, 6.45) is 7.05. The van der Waals surface area contributed by atoms with Gasteiger partial charge in [0.05, 0.1) is 17.6 Å². The lowest BCUT2D eigenvalue weighted by Crippen LogP contribution is -2.38. The minimum atomic E-state index is 0.606. The molecule has 0 saturated heterocycles. The normalized spacial score (nSPS) is 16.4. The highest BCUT2D eigenvalue weighted by molar-refractivity contribution is 5.39. The van der Waals surface area contributed by atoms with Crippen LogP contribution in [-0.2, 0) is 0 Å². The van der Waals surface area contributed by atoms with E-state index < -0.39 is 0 Å². The first-order valence-electron chi connectivity index (χ1n) is 6.49. The number of anilines is 1. The first kappa shape index (κ1) is 12.3. The quantitative estimate of drug-likeness (QED) is 0.863. The van der Waals surface area contributed by atoms with Gasteiger partial charge in [0.25, 0.3) is 0 Å². The lowest BCUT2D eigenvalue weighted by Gasteiger charge is -2.29. The molecule has 1 heterocycles. The summed E-state index contributed by atoms with van der Waals surface area (Å²) in [4.78, 5) is 11.4. The fraction of sp³-hybridized carbons (Fsp3) is 0.692. The molecule has 4 nitrogen and oxygen atoms in total. The molecule has 1 aliphatic carbocycles. The van der Waals surface area contributed by atoms with E-state index in [2.05, 4.69) is 14.9 Å². The van der Waals surface area contributed by atoms with Crippen LogP contribution in [0.15, 0.2) is 6.20 Å². The average molecular weight is 234 g/mol. The summed E-state index contributed by atoms with van der Waals surface area (Å²) in [7, 11) is 0. The third-order valence-electron chi connectivity index (χ3n) is 3.61. The zero-order valence-corrected chi connectivity index (χ0v) is 10.8. The van der Waals surface area contributed by atoms with Gasteiger partial charge in [0.2, 0.25) is 0 Å². The number of aromatic nitrogens is 2. The van der Waals surface area contributed by atoms with Gasteiger partial charge in [0.15, 0.2) is 0 Å². The summed E-state index contributed by atoms with van der Waals surface area (Å²) >= 11 is 0. The maximum Gasteiger partial charge on any atom is 0.147 e. The van der Waals surface area contributed by atoms with E-state index in [1.807, 2.05) is 20.0 Å². The van der Waals surface area contributed by atoms with Crippen molar-refractivity contribution >= 4 is 5.82 Å². The maximum atomic E-state index is 5.71. The van der Waals surface area contributed by atoms with Crippen molar-refractivity contribution in [1.82, 2.24) is 9.97 Å². The van der Waals surface area contributed by atoms with Crippen molar-refractivity contribution in [3.63, 3.8) is 0 Å². The molecule has 1 fully saturated rings. The van der Waals surface area contributed by atoms with Crippen molar-refractivity contribution in [2.24, 2.45) is 5.73 Å². The second-order valence-corrected chi connectivity index (χ2v) is 4.82. The van der Waals surface area contributed by atoms with Gasteiger partial charge in [-0.1, -0.05) is 12.8 Å². The van der Waals surface area contributed by atoms with E-state index in [9.17, 15) is 0 Å². The Balaban J connectivity index is 2.21. The Morgan fingerprint density at radius 1 is 1.29 bits per heavy atom. The maximum absolute atomic E-state index is 5.71. The monoisotopic (exact) mass is 234 g/mol. The van der Waals surface area contributed by atoms with Crippen LogP contribution in [0, 0.1) is 13.8 Å². The van der Waals surface area contributed by atoms with Crippen molar-refractivity contribution in [2.45, 2.75) is 45.6 Å². The number of hydrogen-bond donors (Lipinski definition) is 1. The zero-order chi connectivity index (χ0) is 12.3. The summed E-state index contributed by atoms with van der Waals surface area (Å²) in [6, 6.07) is 0.606. The third-order valence-corrected chi connectivity index (χ3v) is 3.61. The first-order chi connectivity index (χ1) is 8.22. The second kappa shape index (κ2) is 5.45. The molecule has 1 saturated carbocycles. The largest absolute Gasteiger partial charge is 0.351 e. The molecule has 0 atom stereocenters. The number of hydrogen-bond acceptors (Lipinski definition) is 4. The predicted octanol–water partition coefficient (Wildman–Crippen LogP) is 1.80. The molecule has 4 heteroatoms. The molecule has 0 aromatic carbocycles. The van der Waals surface area contributed by atoms with Crippen molar-refractivity contribution in [3.05, 3.63) is 17.6 Å². The van der Waals surface area contributed by atoms with Gasteiger partial charge in [-0.05, 0) is 26.7 Å². The molecule has 17 heavy (non-hydrogen) atoms. The Kier molecular flexibility index (Phi) is 3.94. The molecule has 1 aromatic rings. The van der Waals surface area contributed by atoms with E-state index in [-0.39, 0.29) is 0 Å². The van der Waals surface area contributed by atoms with E-state index in [4.69, 9.17) is 5.73 Å². The minimum Gasteiger partial charge on any atom is -0.351 e. The summed E-state index contributed by atoms with van der Waals surface area (Å²) in [5.74, 6) is 0.991. The fourth-order valence-corrected chi connectivity index (χ4v) is 2.51. The van der Waals surface area contributed by atoms with Crippen LogP contribution in [0.25, 0.3) is 0 Å². The van der Waals surface area contributed by atoms with Crippen molar-refractivity contribution in [3.8, 4) is 0 Å². The predicted molar refractivity (Wildman–Crippen MR) is 70.2 cm³/mol. The summed E-state index contributed by atoms with van der Waals surface area (Å²) < 4.78 is 0. The van der Waals surface area contributed by atoms with Crippen LogP contribution >= 0.6 is 0 Å². The molecule has 94 valence electrons. The van der Waals surface area contributed by atoms with Gasteiger partial charge in [0, 0.05) is 19.1 Å². The molecular formula is C13H22N4. The smallest absolute Gasteiger partial charge is 0.147 e.